The van der Waals surface area contributed by atoms with E-state index in [4.69, 9.17) is 0 Å². The molecule has 0 amide bonds. The molecule has 0 atom stereocenters. The van der Waals surface area contributed by atoms with Crippen molar-refractivity contribution in [3.05, 3.63) is 187 Å². The van der Waals surface area contributed by atoms with E-state index in [0.717, 1.165) is 82.8 Å². The van der Waals surface area contributed by atoms with Crippen LogP contribution in [0.3, 0.4) is 0 Å². The van der Waals surface area contributed by atoms with E-state index in [1.54, 1.807) is 0 Å². The van der Waals surface area contributed by atoms with Crippen molar-refractivity contribution in [1.82, 2.24) is 13.7 Å². The maximum Gasteiger partial charge on any atom is 0.101 e. The van der Waals surface area contributed by atoms with E-state index in [0.29, 0.717) is 11.1 Å². The standard InChI is InChI=1S/C50H29N5/c51-30-33-12-9-18-36(32-26-28-35(29-27-32)53-43-21-5-3-16-39(43)41-19-10-13-34(31-52)49(41)53)48(33)55-46-24-8-4-17-40(46)42-20-11-25-47(50(42)55)54-44-22-6-1-14-37(44)38-15-2-7-23-45(38)54/h1-29H. The summed E-state index contributed by atoms with van der Waals surface area (Å²) in [4.78, 5) is 0. The smallest absolute Gasteiger partial charge is 0.101 e. The summed E-state index contributed by atoms with van der Waals surface area (Å²) in [6.07, 6.45) is 0. The zero-order valence-electron chi connectivity index (χ0n) is 29.5. The van der Waals surface area contributed by atoms with Crippen LogP contribution in [-0.2, 0) is 0 Å². The summed E-state index contributed by atoms with van der Waals surface area (Å²) in [5, 5.41) is 27.7. The van der Waals surface area contributed by atoms with Gasteiger partial charge in [-0.2, -0.15) is 10.5 Å². The largest absolute Gasteiger partial charge is 0.308 e. The Bertz CT molecular complexity index is 3400. The van der Waals surface area contributed by atoms with Crippen LogP contribution in [0.4, 0.5) is 0 Å². The highest BCUT2D eigenvalue weighted by Crippen LogP contribution is 2.43. The van der Waals surface area contributed by atoms with Crippen LogP contribution in [0.25, 0.3) is 93.6 Å². The minimum absolute atomic E-state index is 0.585. The molecule has 0 N–H and O–H groups in total. The molecule has 55 heavy (non-hydrogen) atoms. The number of rotatable bonds is 4. The van der Waals surface area contributed by atoms with Gasteiger partial charge in [-0.05, 0) is 60.2 Å². The lowest BCUT2D eigenvalue weighted by molar-refractivity contribution is 1.12. The van der Waals surface area contributed by atoms with Crippen LogP contribution in [0.15, 0.2) is 176 Å². The molecule has 0 radical (unpaired) electrons. The molecule has 0 aliphatic carbocycles. The normalized spacial score (nSPS) is 11.6. The second-order valence-corrected chi connectivity index (χ2v) is 13.9. The number of aromatic nitrogens is 3. The van der Waals surface area contributed by atoms with Gasteiger partial charge in [0.1, 0.15) is 12.1 Å². The summed E-state index contributed by atoms with van der Waals surface area (Å²) in [5.74, 6) is 0. The van der Waals surface area contributed by atoms with Crippen molar-refractivity contribution in [3.8, 4) is 40.3 Å². The number of benzene rings is 8. The monoisotopic (exact) mass is 699 g/mol. The van der Waals surface area contributed by atoms with Gasteiger partial charge in [-0.15, -0.1) is 0 Å². The van der Waals surface area contributed by atoms with Crippen LogP contribution in [0.2, 0.25) is 0 Å². The first-order valence-corrected chi connectivity index (χ1v) is 18.3. The van der Waals surface area contributed by atoms with E-state index in [2.05, 4.69) is 165 Å². The molecule has 3 aromatic heterocycles. The van der Waals surface area contributed by atoms with Gasteiger partial charge in [0.15, 0.2) is 0 Å². The van der Waals surface area contributed by atoms with Crippen molar-refractivity contribution in [2.45, 2.75) is 0 Å². The average molecular weight is 700 g/mol. The van der Waals surface area contributed by atoms with Gasteiger partial charge in [0, 0.05) is 43.6 Å². The molecule has 0 saturated heterocycles. The van der Waals surface area contributed by atoms with Gasteiger partial charge < -0.3 is 13.7 Å². The molecule has 11 rings (SSSR count). The van der Waals surface area contributed by atoms with Gasteiger partial charge in [-0.1, -0.05) is 121 Å². The number of fused-ring (bicyclic) bond motifs is 9. The number of para-hydroxylation sites is 7. The Morgan fingerprint density at radius 1 is 0.345 bits per heavy atom. The Balaban J connectivity index is 1.19. The molecule has 3 heterocycles. The Labute approximate surface area is 316 Å². The van der Waals surface area contributed by atoms with Crippen LogP contribution in [0, 0.1) is 22.7 Å². The Morgan fingerprint density at radius 3 is 1.40 bits per heavy atom. The molecule has 0 bridgehead atoms. The van der Waals surface area contributed by atoms with E-state index in [1.165, 1.54) is 10.8 Å². The van der Waals surface area contributed by atoms with E-state index < -0.39 is 0 Å². The van der Waals surface area contributed by atoms with Crippen LogP contribution in [0.1, 0.15) is 11.1 Å². The number of hydrogen-bond donors (Lipinski definition) is 0. The first kappa shape index (κ1) is 30.7. The van der Waals surface area contributed by atoms with Crippen molar-refractivity contribution in [1.29, 1.82) is 10.5 Å². The van der Waals surface area contributed by atoms with Crippen molar-refractivity contribution >= 4 is 65.4 Å². The zero-order valence-corrected chi connectivity index (χ0v) is 29.5. The summed E-state index contributed by atoms with van der Waals surface area (Å²) in [6.45, 7) is 0. The summed E-state index contributed by atoms with van der Waals surface area (Å²) >= 11 is 0. The Kier molecular flexibility index (Phi) is 6.61. The third kappa shape index (κ3) is 4.33. The Hall–Kier alpha value is -7.86. The van der Waals surface area contributed by atoms with Gasteiger partial charge >= 0.3 is 0 Å². The number of nitrogens with zero attached hydrogens (tertiary/aromatic N) is 5. The van der Waals surface area contributed by atoms with E-state index in [9.17, 15) is 10.5 Å². The SMILES string of the molecule is N#Cc1cccc(-c2ccc(-n3c4ccccc4c4cccc(C#N)c43)cc2)c1-n1c2ccccc2c2cccc(-n3c4ccccc4c4ccccc43)c21. The second kappa shape index (κ2) is 11.8. The maximum atomic E-state index is 10.8. The van der Waals surface area contributed by atoms with Crippen LogP contribution >= 0.6 is 0 Å². The van der Waals surface area contributed by atoms with Gasteiger partial charge in [0.25, 0.3) is 0 Å². The lowest BCUT2D eigenvalue weighted by atomic mass is 9.99. The topological polar surface area (TPSA) is 62.4 Å². The first-order chi connectivity index (χ1) is 27.2. The predicted molar refractivity (Wildman–Crippen MR) is 224 cm³/mol. The summed E-state index contributed by atoms with van der Waals surface area (Å²) in [5.41, 5.74) is 12.2. The number of hydrogen-bond acceptors (Lipinski definition) is 2. The van der Waals surface area contributed by atoms with E-state index >= 15 is 0 Å². The molecule has 8 aromatic carbocycles. The van der Waals surface area contributed by atoms with Gasteiger partial charge in [0.05, 0.1) is 55.6 Å². The van der Waals surface area contributed by atoms with E-state index in [-0.39, 0.29) is 0 Å². The third-order valence-electron chi connectivity index (χ3n) is 11.1. The minimum Gasteiger partial charge on any atom is -0.308 e. The lowest BCUT2D eigenvalue weighted by Crippen LogP contribution is -2.04. The van der Waals surface area contributed by atoms with Crippen LogP contribution in [-0.4, -0.2) is 13.7 Å². The molecule has 254 valence electrons. The molecule has 0 unspecified atom stereocenters. The summed E-state index contributed by atoms with van der Waals surface area (Å²) < 4.78 is 6.86. The molecular formula is C50H29N5. The Morgan fingerprint density at radius 2 is 0.800 bits per heavy atom. The fourth-order valence-corrected chi connectivity index (χ4v) is 8.87. The van der Waals surface area contributed by atoms with Crippen LogP contribution in [0.5, 0.6) is 0 Å². The molecule has 11 aromatic rings. The molecule has 0 fully saturated rings. The molecule has 0 saturated carbocycles. The predicted octanol–water partition coefficient (Wildman–Crippen LogP) is 12.4. The molecular weight excluding hydrogens is 671 g/mol. The molecule has 5 heteroatoms. The average Bonchev–Trinajstić information content (AvgIpc) is 3.89. The van der Waals surface area contributed by atoms with Gasteiger partial charge in [-0.25, -0.2) is 0 Å². The highest BCUT2D eigenvalue weighted by molar-refractivity contribution is 6.16. The van der Waals surface area contributed by atoms with Crippen molar-refractivity contribution in [2.75, 3.05) is 0 Å². The minimum atomic E-state index is 0.585. The van der Waals surface area contributed by atoms with Gasteiger partial charge in [-0.3, -0.25) is 0 Å². The number of nitriles is 2. The lowest BCUT2D eigenvalue weighted by Gasteiger charge is -2.18. The van der Waals surface area contributed by atoms with E-state index in [1.807, 2.05) is 36.4 Å². The van der Waals surface area contributed by atoms with Crippen molar-refractivity contribution in [3.63, 3.8) is 0 Å². The fraction of sp³-hybridized carbons (Fsp3) is 0. The zero-order chi connectivity index (χ0) is 36.6. The summed E-state index contributed by atoms with van der Waals surface area (Å²) in [7, 11) is 0. The fourth-order valence-electron chi connectivity index (χ4n) is 8.87. The molecule has 5 nitrogen and oxygen atoms in total. The highest BCUT2D eigenvalue weighted by Gasteiger charge is 2.23. The van der Waals surface area contributed by atoms with Crippen LogP contribution < -0.4 is 0 Å². The van der Waals surface area contributed by atoms with Crippen molar-refractivity contribution < 1.29 is 0 Å². The third-order valence-corrected chi connectivity index (χ3v) is 11.1. The molecule has 0 aliphatic heterocycles. The molecule has 0 spiro atoms. The maximum absolute atomic E-state index is 10.8. The summed E-state index contributed by atoms with van der Waals surface area (Å²) in [6, 6.07) is 65.9. The first-order valence-electron chi connectivity index (χ1n) is 18.3. The van der Waals surface area contributed by atoms with Crippen molar-refractivity contribution in [2.24, 2.45) is 0 Å². The molecule has 0 aliphatic rings. The second-order valence-electron chi connectivity index (χ2n) is 13.9. The van der Waals surface area contributed by atoms with Gasteiger partial charge in [0.2, 0.25) is 0 Å². The quantitative estimate of drug-likeness (QED) is 0.184. The highest BCUT2D eigenvalue weighted by atomic mass is 15.1.